The summed E-state index contributed by atoms with van der Waals surface area (Å²) in [5.41, 5.74) is 3.60. The van der Waals surface area contributed by atoms with Gasteiger partial charge in [-0.3, -0.25) is 0 Å². The molecule has 4 rings (SSSR count). The monoisotopic (exact) mass is 509 g/mol. The number of phenolic OH excluding ortho intramolecular Hbond substituents is 1. The molecule has 0 radical (unpaired) electrons. The highest BCUT2D eigenvalue weighted by atomic mass is 79.9. The Morgan fingerprint density at radius 3 is 2.41 bits per heavy atom. The fourth-order valence-corrected chi connectivity index (χ4v) is 4.57. The Morgan fingerprint density at radius 1 is 0.897 bits per heavy atom. The standard InChI is InChI=1S/C22H16BrCl3N2O/c23-13-3-1-2-12(8-13)19-11-20(17-9-14(24)5-7-21(17)29)28-22(27-19)16-6-4-15(25)10-18(16)26/h1-11,20,22,27-29H/p+1. The molecular weight excluding hydrogens is 495 g/mol. The quantitative estimate of drug-likeness (QED) is 0.400. The second-order valence-corrected chi connectivity index (χ2v) is 9.00. The normalized spacial score (nSPS) is 18.8. The Bertz CT molecular complexity index is 1100. The van der Waals surface area contributed by atoms with E-state index in [1.807, 2.05) is 36.4 Å². The van der Waals surface area contributed by atoms with E-state index < -0.39 is 0 Å². The van der Waals surface area contributed by atoms with Gasteiger partial charge in [0.25, 0.3) is 0 Å². The number of benzene rings is 3. The van der Waals surface area contributed by atoms with Crippen molar-refractivity contribution in [1.82, 2.24) is 5.32 Å². The van der Waals surface area contributed by atoms with Gasteiger partial charge in [0.15, 0.2) is 6.17 Å². The largest absolute Gasteiger partial charge is 0.507 e. The van der Waals surface area contributed by atoms with Gasteiger partial charge in [-0.15, -0.1) is 0 Å². The number of hydrogen-bond donors (Lipinski definition) is 3. The van der Waals surface area contributed by atoms with Crippen LogP contribution in [0.3, 0.4) is 0 Å². The summed E-state index contributed by atoms with van der Waals surface area (Å²) in [6.07, 6.45) is 1.90. The van der Waals surface area contributed by atoms with Crippen LogP contribution in [-0.2, 0) is 0 Å². The van der Waals surface area contributed by atoms with Gasteiger partial charge in [-0.05, 0) is 54.1 Å². The summed E-state index contributed by atoms with van der Waals surface area (Å²) in [4.78, 5) is 0. The van der Waals surface area contributed by atoms with Crippen molar-refractivity contribution in [3.05, 3.63) is 103 Å². The molecule has 1 aliphatic rings. The number of nitrogens with one attached hydrogen (secondary N) is 1. The summed E-state index contributed by atoms with van der Waals surface area (Å²) in [7, 11) is 0. The summed E-state index contributed by atoms with van der Waals surface area (Å²) in [6, 6.07) is 18.4. The summed E-state index contributed by atoms with van der Waals surface area (Å²) in [5, 5.41) is 17.8. The van der Waals surface area contributed by atoms with Crippen LogP contribution >= 0.6 is 50.7 Å². The highest BCUT2D eigenvalue weighted by molar-refractivity contribution is 9.10. The third-order valence-corrected chi connectivity index (χ3v) is 6.13. The van der Waals surface area contributed by atoms with E-state index in [1.165, 1.54) is 0 Å². The van der Waals surface area contributed by atoms with Crippen LogP contribution < -0.4 is 10.6 Å². The molecule has 0 saturated heterocycles. The maximum absolute atomic E-state index is 10.5. The van der Waals surface area contributed by atoms with Crippen LogP contribution in [0.25, 0.3) is 5.70 Å². The number of nitrogens with two attached hydrogens (primary N) is 1. The summed E-state index contributed by atoms with van der Waals surface area (Å²) >= 11 is 22.3. The smallest absolute Gasteiger partial charge is 0.188 e. The zero-order valence-electron chi connectivity index (χ0n) is 15.0. The highest BCUT2D eigenvalue weighted by Crippen LogP contribution is 2.33. The molecule has 148 valence electrons. The van der Waals surface area contributed by atoms with Crippen molar-refractivity contribution in [3.8, 4) is 5.75 Å². The highest BCUT2D eigenvalue weighted by Gasteiger charge is 2.30. The van der Waals surface area contributed by atoms with Crippen LogP contribution in [0.15, 0.2) is 71.2 Å². The van der Waals surface area contributed by atoms with Gasteiger partial charge in [0.05, 0.1) is 10.6 Å². The van der Waals surface area contributed by atoms with E-state index in [2.05, 4.69) is 32.6 Å². The number of quaternary nitrogens is 1. The Hall–Kier alpha value is -1.69. The van der Waals surface area contributed by atoms with Gasteiger partial charge < -0.3 is 15.7 Å². The van der Waals surface area contributed by atoms with Gasteiger partial charge in [-0.1, -0.05) is 62.9 Å². The Kier molecular flexibility index (Phi) is 6.09. The lowest BCUT2D eigenvalue weighted by atomic mass is 9.98. The molecule has 2 atom stereocenters. The maximum atomic E-state index is 10.5. The molecule has 1 heterocycles. The number of rotatable bonds is 3. The first-order valence-corrected chi connectivity index (χ1v) is 10.9. The second kappa shape index (κ2) is 8.58. The molecule has 0 fully saturated rings. The van der Waals surface area contributed by atoms with Crippen molar-refractivity contribution in [3.63, 3.8) is 0 Å². The molecule has 3 aromatic rings. The van der Waals surface area contributed by atoms with Crippen molar-refractivity contribution in [2.45, 2.75) is 12.2 Å². The number of phenols is 1. The molecule has 0 aromatic heterocycles. The second-order valence-electron chi connectivity index (χ2n) is 6.80. The van der Waals surface area contributed by atoms with Gasteiger partial charge in [-0.2, -0.15) is 0 Å². The van der Waals surface area contributed by atoms with E-state index in [1.54, 1.807) is 24.3 Å². The molecule has 3 aromatic carbocycles. The van der Waals surface area contributed by atoms with E-state index in [0.717, 1.165) is 26.9 Å². The van der Waals surface area contributed by atoms with Crippen LogP contribution in [0.2, 0.25) is 15.1 Å². The third kappa shape index (κ3) is 4.57. The van der Waals surface area contributed by atoms with E-state index >= 15 is 0 Å². The van der Waals surface area contributed by atoms with E-state index in [-0.39, 0.29) is 18.0 Å². The fraction of sp³-hybridized carbons (Fsp3) is 0.0909. The molecule has 0 bridgehead atoms. The Balaban J connectivity index is 1.81. The lowest BCUT2D eigenvalue weighted by Crippen LogP contribution is -2.89. The molecule has 0 aliphatic carbocycles. The minimum atomic E-state index is -0.179. The number of hydrogen-bond acceptors (Lipinski definition) is 2. The summed E-state index contributed by atoms with van der Waals surface area (Å²) in [5.74, 6) is 0.198. The predicted molar refractivity (Wildman–Crippen MR) is 122 cm³/mol. The molecule has 0 spiro atoms. The first kappa shape index (κ1) is 20.6. The van der Waals surface area contributed by atoms with Gasteiger partial charge in [0.1, 0.15) is 11.8 Å². The van der Waals surface area contributed by atoms with Crippen molar-refractivity contribution in [1.29, 1.82) is 0 Å². The molecule has 0 amide bonds. The van der Waals surface area contributed by atoms with E-state index in [9.17, 15) is 5.11 Å². The maximum Gasteiger partial charge on any atom is 0.188 e. The third-order valence-electron chi connectivity index (χ3n) is 4.84. The average Bonchev–Trinajstić information content (AvgIpc) is 2.69. The Labute approximate surface area is 192 Å². The Morgan fingerprint density at radius 2 is 1.66 bits per heavy atom. The van der Waals surface area contributed by atoms with Crippen LogP contribution in [0, 0.1) is 0 Å². The van der Waals surface area contributed by atoms with Crippen molar-refractivity contribution < 1.29 is 10.4 Å². The van der Waals surface area contributed by atoms with Gasteiger partial charge in [-0.25, -0.2) is 0 Å². The van der Waals surface area contributed by atoms with Crippen LogP contribution in [0.5, 0.6) is 5.75 Å². The van der Waals surface area contributed by atoms with E-state index in [0.29, 0.717) is 15.1 Å². The topological polar surface area (TPSA) is 48.9 Å². The minimum absolute atomic E-state index is 0.166. The summed E-state index contributed by atoms with van der Waals surface area (Å²) in [6.45, 7) is 0. The van der Waals surface area contributed by atoms with Crippen LogP contribution in [-0.4, -0.2) is 5.11 Å². The molecule has 1 aliphatic heterocycles. The number of halogens is 4. The molecule has 7 heteroatoms. The first-order valence-electron chi connectivity index (χ1n) is 8.93. The van der Waals surface area contributed by atoms with Crippen molar-refractivity contribution in [2.24, 2.45) is 0 Å². The zero-order chi connectivity index (χ0) is 20.5. The van der Waals surface area contributed by atoms with Crippen LogP contribution in [0.1, 0.15) is 28.9 Å². The summed E-state index contributed by atoms with van der Waals surface area (Å²) < 4.78 is 0.982. The lowest BCUT2D eigenvalue weighted by Gasteiger charge is -2.30. The van der Waals surface area contributed by atoms with Gasteiger partial charge in [0, 0.05) is 31.9 Å². The molecule has 0 saturated carbocycles. The fourth-order valence-electron chi connectivity index (χ4n) is 3.46. The van der Waals surface area contributed by atoms with Gasteiger partial charge >= 0.3 is 0 Å². The molecule has 2 unspecified atom stereocenters. The average molecular weight is 512 g/mol. The van der Waals surface area contributed by atoms with Crippen LogP contribution in [0.4, 0.5) is 0 Å². The lowest BCUT2D eigenvalue weighted by molar-refractivity contribution is -0.731. The molecular formula is C22H17BrCl3N2O+. The van der Waals surface area contributed by atoms with E-state index in [4.69, 9.17) is 34.8 Å². The SMILES string of the molecule is Oc1ccc(Cl)cc1C1C=C(c2cccc(Br)c2)NC(c2ccc(Cl)cc2Cl)[NH2+]1. The molecule has 29 heavy (non-hydrogen) atoms. The van der Waals surface area contributed by atoms with Gasteiger partial charge in [0.2, 0.25) is 0 Å². The zero-order valence-corrected chi connectivity index (χ0v) is 18.9. The number of aromatic hydroxyl groups is 1. The predicted octanol–water partition coefficient (Wildman–Crippen LogP) is 6.06. The molecule has 4 N–H and O–H groups in total. The first-order chi connectivity index (χ1) is 13.9. The van der Waals surface area contributed by atoms with Crippen molar-refractivity contribution >= 4 is 56.4 Å². The van der Waals surface area contributed by atoms with Crippen molar-refractivity contribution in [2.75, 3.05) is 0 Å². The molecule has 3 nitrogen and oxygen atoms in total. The minimum Gasteiger partial charge on any atom is -0.507 e.